The standard InChI is InChI=1S/C27H20O3/c28-22-15-16-25(17-29-25)24-23(22)26(18-9-3-1-4-10-18)20-13-7-8-14-21(20)27(24,30-26)19-11-5-2-6-12-19/h1-16,23-24H,17H2/t23-,24-,25+,26-,27+/m1/s1. The van der Waals surface area contributed by atoms with E-state index in [0.29, 0.717) is 6.61 Å². The van der Waals surface area contributed by atoms with Crippen LogP contribution in [-0.2, 0) is 25.5 Å². The van der Waals surface area contributed by atoms with Gasteiger partial charge < -0.3 is 9.47 Å². The highest BCUT2D eigenvalue weighted by Crippen LogP contribution is 2.73. The number of ether oxygens (including phenoxy) is 2. The van der Waals surface area contributed by atoms with Crippen LogP contribution in [0.25, 0.3) is 0 Å². The summed E-state index contributed by atoms with van der Waals surface area (Å²) in [7, 11) is 0. The van der Waals surface area contributed by atoms with Crippen molar-refractivity contribution in [3.05, 3.63) is 119 Å². The summed E-state index contributed by atoms with van der Waals surface area (Å²) in [5.41, 5.74) is 2.37. The van der Waals surface area contributed by atoms with Gasteiger partial charge in [-0.15, -0.1) is 0 Å². The van der Waals surface area contributed by atoms with Gasteiger partial charge in [0.1, 0.15) is 16.8 Å². The summed E-state index contributed by atoms with van der Waals surface area (Å²) in [5, 5.41) is 0. The first-order valence-electron chi connectivity index (χ1n) is 10.5. The maximum atomic E-state index is 13.5. The van der Waals surface area contributed by atoms with Gasteiger partial charge in [0, 0.05) is 5.92 Å². The largest absolute Gasteiger partial charge is 0.365 e. The highest BCUT2D eigenvalue weighted by Gasteiger charge is 2.79. The highest BCUT2D eigenvalue weighted by atomic mass is 16.6. The van der Waals surface area contributed by atoms with E-state index in [1.54, 1.807) is 6.08 Å². The van der Waals surface area contributed by atoms with Gasteiger partial charge in [-0.05, 0) is 34.4 Å². The Morgan fingerprint density at radius 2 is 1.27 bits per heavy atom. The molecule has 5 atom stereocenters. The second-order valence-corrected chi connectivity index (χ2v) is 8.79. The molecule has 2 saturated heterocycles. The number of allylic oxidation sites excluding steroid dienone is 1. The van der Waals surface area contributed by atoms with E-state index in [2.05, 4.69) is 42.5 Å². The van der Waals surface area contributed by atoms with Crippen molar-refractivity contribution in [1.29, 1.82) is 0 Å². The molecule has 4 aliphatic rings. The molecule has 0 aromatic heterocycles. The molecular weight excluding hydrogens is 372 g/mol. The predicted octanol–water partition coefficient (Wildman–Crippen LogP) is 4.36. The molecule has 3 aromatic carbocycles. The molecule has 2 fully saturated rings. The molecule has 146 valence electrons. The molecule has 3 aromatic rings. The molecule has 3 heteroatoms. The Labute approximate surface area is 175 Å². The molecule has 3 nitrogen and oxygen atoms in total. The van der Waals surface area contributed by atoms with Gasteiger partial charge in [-0.3, -0.25) is 4.79 Å². The van der Waals surface area contributed by atoms with E-state index in [4.69, 9.17) is 9.47 Å². The van der Waals surface area contributed by atoms with Crippen molar-refractivity contribution in [2.24, 2.45) is 11.8 Å². The Bertz CT molecular complexity index is 1210. The van der Waals surface area contributed by atoms with Crippen molar-refractivity contribution in [1.82, 2.24) is 0 Å². The number of hydrogen-bond acceptors (Lipinski definition) is 3. The van der Waals surface area contributed by atoms with Gasteiger partial charge >= 0.3 is 0 Å². The van der Waals surface area contributed by atoms with Crippen molar-refractivity contribution >= 4 is 5.78 Å². The minimum Gasteiger partial charge on any atom is -0.365 e. The van der Waals surface area contributed by atoms with Crippen LogP contribution in [0.2, 0.25) is 0 Å². The molecule has 0 radical (unpaired) electrons. The van der Waals surface area contributed by atoms with Gasteiger partial charge in [0.15, 0.2) is 5.78 Å². The van der Waals surface area contributed by atoms with Crippen LogP contribution in [0.3, 0.4) is 0 Å². The summed E-state index contributed by atoms with van der Waals surface area (Å²) in [5.74, 6) is -0.320. The zero-order chi connectivity index (χ0) is 20.0. The molecule has 30 heavy (non-hydrogen) atoms. The summed E-state index contributed by atoms with van der Waals surface area (Å²) in [4.78, 5) is 13.5. The van der Waals surface area contributed by atoms with Crippen molar-refractivity contribution in [3.63, 3.8) is 0 Å². The topological polar surface area (TPSA) is 38.8 Å². The average molecular weight is 392 g/mol. The second-order valence-electron chi connectivity index (χ2n) is 8.79. The molecule has 1 spiro atoms. The number of fused-ring (bicyclic) bond motifs is 9. The van der Waals surface area contributed by atoms with E-state index in [0.717, 1.165) is 22.3 Å². The molecule has 0 saturated carbocycles. The Hall–Kier alpha value is -3.01. The van der Waals surface area contributed by atoms with Crippen LogP contribution in [0.1, 0.15) is 22.3 Å². The van der Waals surface area contributed by atoms with Crippen LogP contribution in [0.15, 0.2) is 97.1 Å². The molecule has 3 aliphatic heterocycles. The number of epoxide rings is 1. The first-order valence-corrected chi connectivity index (χ1v) is 10.5. The van der Waals surface area contributed by atoms with Crippen molar-refractivity contribution in [2.75, 3.05) is 6.61 Å². The fourth-order valence-corrected chi connectivity index (χ4v) is 6.37. The fraction of sp³-hybridized carbons (Fsp3) is 0.222. The average Bonchev–Trinajstić information content (AvgIpc) is 3.41. The van der Waals surface area contributed by atoms with Crippen molar-refractivity contribution < 1.29 is 14.3 Å². The lowest BCUT2D eigenvalue weighted by molar-refractivity contribution is -0.124. The number of benzene rings is 3. The number of ketones is 1. The SMILES string of the molecule is O=C1C=C[C@]2(CO2)[C@H]2[C@@H]1[C@]1(c3ccccc3)O[C@@]2(c2ccccc2)c2ccccc21. The minimum atomic E-state index is -0.820. The van der Waals surface area contributed by atoms with Gasteiger partial charge in [0.2, 0.25) is 0 Å². The van der Waals surface area contributed by atoms with Crippen LogP contribution >= 0.6 is 0 Å². The Balaban J connectivity index is 1.63. The fourth-order valence-electron chi connectivity index (χ4n) is 6.37. The quantitative estimate of drug-likeness (QED) is 0.609. The zero-order valence-corrected chi connectivity index (χ0v) is 16.3. The summed E-state index contributed by atoms with van der Waals surface area (Å²) < 4.78 is 13.3. The van der Waals surface area contributed by atoms with Crippen LogP contribution in [0, 0.1) is 11.8 Å². The molecule has 0 amide bonds. The smallest absolute Gasteiger partial charge is 0.162 e. The van der Waals surface area contributed by atoms with Crippen LogP contribution < -0.4 is 0 Å². The monoisotopic (exact) mass is 392 g/mol. The first kappa shape index (κ1) is 16.8. The van der Waals surface area contributed by atoms with E-state index in [1.807, 2.05) is 48.5 Å². The lowest BCUT2D eigenvalue weighted by atomic mass is 9.54. The van der Waals surface area contributed by atoms with E-state index in [1.165, 1.54) is 0 Å². The number of hydrogen-bond donors (Lipinski definition) is 0. The Morgan fingerprint density at radius 1 is 0.733 bits per heavy atom. The molecule has 3 heterocycles. The molecular formula is C27H20O3. The molecule has 1 aliphatic carbocycles. The van der Waals surface area contributed by atoms with Crippen molar-refractivity contribution in [2.45, 2.75) is 16.8 Å². The maximum Gasteiger partial charge on any atom is 0.162 e. The van der Waals surface area contributed by atoms with Crippen LogP contribution in [-0.4, -0.2) is 18.0 Å². The molecule has 0 N–H and O–H groups in total. The third kappa shape index (κ3) is 1.74. The summed E-state index contributed by atoms with van der Waals surface area (Å²) >= 11 is 0. The highest BCUT2D eigenvalue weighted by molar-refractivity contribution is 5.97. The number of carbonyl (C=O) groups is 1. The number of rotatable bonds is 2. The van der Waals surface area contributed by atoms with Crippen LogP contribution in [0.4, 0.5) is 0 Å². The first-order chi connectivity index (χ1) is 14.7. The normalized spacial score (nSPS) is 37.3. The number of carbonyl (C=O) groups excluding carboxylic acids is 1. The zero-order valence-electron chi connectivity index (χ0n) is 16.3. The van der Waals surface area contributed by atoms with E-state index < -0.39 is 16.8 Å². The van der Waals surface area contributed by atoms with Gasteiger partial charge in [-0.1, -0.05) is 84.9 Å². The second kappa shape index (κ2) is 5.37. The molecule has 2 bridgehead atoms. The summed E-state index contributed by atoms with van der Waals surface area (Å²) in [6.45, 7) is 0.628. The summed E-state index contributed by atoms with van der Waals surface area (Å²) in [6, 6.07) is 29.0. The van der Waals surface area contributed by atoms with E-state index in [-0.39, 0.29) is 17.6 Å². The van der Waals surface area contributed by atoms with Gasteiger partial charge in [0.05, 0.1) is 12.5 Å². The van der Waals surface area contributed by atoms with Gasteiger partial charge in [-0.2, -0.15) is 0 Å². The summed E-state index contributed by atoms with van der Waals surface area (Å²) in [6.07, 6.45) is 3.71. The predicted molar refractivity (Wildman–Crippen MR) is 112 cm³/mol. The lowest BCUT2D eigenvalue weighted by Crippen LogP contribution is -2.51. The maximum absolute atomic E-state index is 13.5. The van der Waals surface area contributed by atoms with E-state index in [9.17, 15) is 4.79 Å². The molecule has 7 rings (SSSR count). The van der Waals surface area contributed by atoms with Crippen molar-refractivity contribution in [3.8, 4) is 0 Å². The third-order valence-corrected chi connectivity index (χ3v) is 7.50. The molecule has 0 unspecified atom stereocenters. The third-order valence-electron chi connectivity index (χ3n) is 7.50. The lowest BCUT2D eigenvalue weighted by Gasteiger charge is -2.43. The van der Waals surface area contributed by atoms with Crippen LogP contribution in [0.5, 0.6) is 0 Å². The van der Waals surface area contributed by atoms with E-state index >= 15 is 0 Å². The Kier molecular flexibility index (Phi) is 3.00. The minimum absolute atomic E-state index is 0.111. The Morgan fingerprint density at radius 3 is 1.87 bits per heavy atom. The van der Waals surface area contributed by atoms with Gasteiger partial charge in [0.25, 0.3) is 0 Å². The van der Waals surface area contributed by atoms with Gasteiger partial charge in [-0.25, -0.2) is 0 Å².